The van der Waals surface area contributed by atoms with Crippen molar-refractivity contribution in [2.24, 2.45) is 0 Å². The number of pyridine rings is 1. The van der Waals surface area contributed by atoms with Crippen LogP contribution in [0.1, 0.15) is 18.3 Å². The number of hydrogen-bond acceptors (Lipinski definition) is 5. The fourth-order valence-electron chi connectivity index (χ4n) is 3.46. The summed E-state index contributed by atoms with van der Waals surface area (Å²) in [5, 5.41) is 4.38. The Labute approximate surface area is 173 Å². The number of hydrogen-bond donors (Lipinski definition) is 0. The highest BCUT2D eigenvalue weighted by Gasteiger charge is 2.19. The fourth-order valence-corrected chi connectivity index (χ4v) is 3.46. The normalized spacial score (nSPS) is 11.0. The molecule has 0 saturated heterocycles. The SMILES string of the molecule is CCN(C(=O)Cn1nc2cc(-c3ccccn3)nc(C)n2c1=O)c1cccc(C)c1. The van der Waals surface area contributed by atoms with E-state index in [0.29, 0.717) is 29.4 Å². The monoisotopic (exact) mass is 402 g/mol. The number of carbonyl (C=O) groups is 1. The molecular weight excluding hydrogens is 380 g/mol. The minimum atomic E-state index is -0.392. The van der Waals surface area contributed by atoms with Crippen molar-refractivity contribution in [2.75, 3.05) is 11.4 Å². The largest absolute Gasteiger partial charge is 0.352 e. The molecule has 1 amide bonds. The van der Waals surface area contributed by atoms with Crippen LogP contribution in [0, 0.1) is 13.8 Å². The highest BCUT2D eigenvalue weighted by Crippen LogP contribution is 2.17. The molecule has 4 aromatic rings. The number of fused-ring (bicyclic) bond motifs is 1. The zero-order valence-corrected chi connectivity index (χ0v) is 17.1. The lowest BCUT2D eigenvalue weighted by molar-refractivity contribution is -0.119. The van der Waals surface area contributed by atoms with Crippen molar-refractivity contribution < 1.29 is 4.79 Å². The maximum absolute atomic E-state index is 12.9. The molecular formula is C22H22N6O2. The summed E-state index contributed by atoms with van der Waals surface area (Å²) < 4.78 is 2.59. The third kappa shape index (κ3) is 3.59. The molecule has 30 heavy (non-hydrogen) atoms. The lowest BCUT2D eigenvalue weighted by Crippen LogP contribution is -2.37. The van der Waals surface area contributed by atoms with Crippen molar-refractivity contribution in [1.29, 1.82) is 0 Å². The summed E-state index contributed by atoms with van der Waals surface area (Å²) in [4.78, 5) is 36.3. The highest BCUT2D eigenvalue weighted by atomic mass is 16.2. The van der Waals surface area contributed by atoms with Gasteiger partial charge in [0, 0.05) is 24.5 Å². The lowest BCUT2D eigenvalue weighted by atomic mass is 10.2. The molecule has 0 N–H and O–H groups in total. The molecule has 0 aliphatic heterocycles. The molecule has 0 saturated carbocycles. The van der Waals surface area contributed by atoms with E-state index in [4.69, 9.17) is 0 Å². The molecule has 0 bridgehead atoms. The summed E-state index contributed by atoms with van der Waals surface area (Å²) in [5.41, 5.74) is 3.22. The van der Waals surface area contributed by atoms with E-state index in [9.17, 15) is 9.59 Å². The fraction of sp³-hybridized carbons (Fsp3) is 0.227. The number of rotatable bonds is 5. The molecule has 0 atom stereocenters. The second-order valence-corrected chi connectivity index (χ2v) is 7.01. The van der Waals surface area contributed by atoms with Gasteiger partial charge in [-0.2, -0.15) is 0 Å². The van der Waals surface area contributed by atoms with Crippen LogP contribution in [-0.2, 0) is 11.3 Å². The van der Waals surface area contributed by atoms with Crippen LogP contribution in [0.4, 0.5) is 5.69 Å². The molecule has 0 unspecified atom stereocenters. The van der Waals surface area contributed by atoms with Gasteiger partial charge in [-0.1, -0.05) is 18.2 Å². The minimum absolute atomic E-state index is 0.152. The molecule has 0 aliphatic carbocycles. The summed E-state index contributed by atoms with van der Waals surface area (Å²) >= 11 is 0. The van der Waals surface area contributed by atoms with Crippen LogP contribution in [0.5, 0.6) is 0 Å². The summed E-state index contributed by atoms with van der Waals surface area (Å²) in [6.45, 7) is 5.96. The van der Waals surface area contributed by atoms with E-state index < -0.39 is 5.69 Å². The first kappa shape index (κ1) is 19.5. The van der Waals surface area contributed by atoms with Crippen molar-refractivity contribution in [1.82, 2.24) is 24.1 Å². The molecule has 3 aromatic heterocycles. The van der Waals surface area contributed by atoms with Gasteiger partial charge in [-0.25, -0.2) is 18.9 Å². The van der Waals surface area contributed by atoms with Crippen LogP contribution in [0.2, 0.25) is 0 Å². The summed E-state index contributed by atoms with van der Waals surface area (Å²) in [6.07, 6.45) is 1.69. The average molecular weight is 402 g/mol. The summed E-state index contributed by atoms with van der Waals surface area (Å²) in [6, 6.07) is 15.0. The molecule has 8 nitrogen and oxygen atoms in total. The minimum Gasteiger partial charge on any atom is -0.311 e. The number of anilines is 1. The van der Waals surface area contributed by atoms with Crippen molar-refractivity contribution in [2.45, 2.75) is 27.3 Å². The second-order valence-electron chi connectivity index (χ2n) is 7.01. The number of benzene rings is 1. The zero-order chi connectivity index (χ0) is 21.3. The lowest BCUT2D eigenvalue weighted by Gasteiger charge is -2.21. The molecule has 3 heterocycles. The molecule has 8 heteroatoms. The van der Waals surface area contributed by atoms with Crippen molar-refractivity contribution in [3.05, 3.63) is 76.6 Å². The summed E-state index contributed by atoms with van der Waals surface area (Å²) in [7, 11) is 0. The Bertz CT molecular complexity index is 1280. The first-order valence-corrected chi connectivity index (χ1v) is 9.73. The zero-order valence-electron chi connectivity index (χ0n) is 17.1. The number of amides is 1. The molecule has 0 spiro atoms. The van der Waals surface area contributed by atoms with E-state index in [-0.39, 0.29) is 12.5 Å². The van der Waals surface area contributed by atoms with Gasteiger partial charge in [-0.15, -0.1) is 5.10 Å². The molecule has 1 aromatic carbocycles. The quantitative estimate of drug-likeness (QED) is 0.512. The maximum atomic E-state index is 12.9. The van der Waals surface area contributed by atoms with Gasteiger partial charge >= 0.3 is 5.69 Å². The Morgan fingerprint density at radius 2 is 1.90 bits per heavy atom. The average Bonchev–Trinajstić information content (AvgIpc) is 3.05. The maximum Gasteiger partial charge on any atom is 0.352 e. The van der Waals surface area contributed by atoms with Crippen LogP contribution >= 0.6 is 0 Å². The van der Waals surface area contributed by atoms with Gasteiger partial charge in [-0.05, 0) is 50.6 Å². The Balaban J connectivity index is 1.69. The van der Waals surface area contributed by atoms with Crippen LogP contribution in [0.25, 0.3) is 17.0 Å². The number of carbonyl (C=O) groups excluding carboxylic acids is 1. The molecule has 0 aliphatic rings. The van der Waals surface area contributed by atoms with E-state index in [1.807, 2.05) is 56.3 Å². The van der Waals surface area contributed by atoms with Gasteiger partial charge in [0.2, 0.25) is 5.91 Å². The van der Waals surface area contributed by atoms with E-state index in [2.05, 4.69) is 15.1 Å². The number of aromatic nitrogens is 5. The first-order valence-electron chi connectivity index (χ1n) is 9.73. The van der Waals surface area contributed by atoms with Crippen LogP contribution < -0.4 is 10.6 Å². The van der Waals surface area contributed by atoms with Gasteiger partial charge in [0.05, 0.1) is 11.4 Å². The topological polar surface area (TPSA) is 85.4 Å². The molecule has 152 valence electrons. The van der Waals surface area contributed by atoms with E-state index in [0.717, 1.165) is 11.3 Å². The van der Waals surface area contributed by atoms with Gasteiger partial charge in [-0.3, -0.25) is 9.78 Å². The Hall–Kier alpha value is -3.81. The predicted octanol–water partition coefficient (Wildman–Crippen LogP) is 2.62. The van der Waals surface area contributed by atoms with Crippen molar-refractivity contribution >= 4 is 17.2 Å². The number of nitrogens with zero attached hydrogens (tertiary/aromatic N) is 6. The standard InChI is InChI=1S/C22H22N6O2/c1-4-26(17-9-7-8-15(2)12-17)21(29)14-27-22(30)28-16(3)24-19(13-20(28)25-27)18-10-5-6-11-23-18/h5-13H,4,14H2,1-3H3. The van der Waals surface area contributed by atoms with Crippen molar-refractivity contribution in [3.8, 4) is 11.4 Å². The second kappa shape index (κ2) is 7.90. The predicted molar refractivity (Wildman–Crippen MR) is 114 cm³/mol. The first-order chi connectivity index (χ1) is 14.5. The van der Waals surface area contributed by atoms with Crippen LogP contribution in [-0.4, -0.2) is 36.6 Å². The highest BCUT2D eigenvalue weighted by molar-refractivity contribution is 5.93. The third-order valence-corrected chi connectivity index (χ3v) is 4.88. The van der Waals surface area contributed by atoms with E-state index in [1.165, 1.54) is 9.08 Å². The Morgan fingerprint density at radius 1 is 1.07 bits per heavy atom. The van der Waals surface area contributed by atoms with Gasteiger partial charge < -0.3 is 4.90 Å². The van der Waals surface area contributed by atoms with E-state index in [1.54, 1.807) is 24.1 Å². The molecule has 4 rings (SSSR count). The number of aryl methyl sites for hydroxylation is 2. The van der Waals surface area contributed by atoms with Gasteiger partial charge in [0.25, 0.3) is 0 Å². The van der Waals surface area contributed by atoms with Gasteiger partial charge in [0.1, 0.15) is 12.4 Å². The molecule has 0 fully saturated rings. The van der Waals surface area contributed by atoms with Gasteiger partial charge in [0.15, 0.2) is 5.65 Å². The number of likely N-dealkylation sites (N-methyl/N-ethyl adjacent to an activating group) is 1. The van der Waals surface area contributed by atoms with E-state index >= 15 is 0 Å². The Morgan fingerprint density at radius 3 is 2.60 bits per heavy atom. The van der Waals surface area contributed by atoms with Crippen molar-refractivity contribution in [3.63, 3.8) is 0 Å². The van der Waals surface area contributed by atoms with Crippen LogP contribution in [0.15, 0.2) is 59.5 Å². The van der Waals surface area contributed by atoms with Crippen LogP contribution in [0.3, 0.4) is 0 Å². The Kier molecular flexibility index (Phi) is 5.14. The molecule has 0 radical (unpaired) electrons. The summed E-state index contributed by atoms with van der Waals surface area (Å²) in [5.74, 6) is 0.284. The third-order valence-electron chi connectivity index (χ3n) is 4.88. The smallest absolute Gasteiger partial charge is 0.311 e.